The molecule has 0 N–H and O–H groups in total. The second-order valence-electron chi connectivity index (χ2n) is 9.64. The van der Waals surface area contributed by atoms with E-state index in [-0.39, 0.29) is 17.0 Å². The van der Waals surface area contributed by atoms with Gasteiger partial charge in [-0.3, -0.25) is 39.4 Å². The third-order valence-corrected chi connectivity index (χ3v) is 6.02. The lowest BCUT2D eigenvalue weighted by atomic mass is 9.98. The van der Waals surface area contributed by atoms with Crippen LogP contribution in [0.1, 0.15) is 33.3 Å². The quantitative estimate of drug-likeness (QED) is 0.104. The van der Waals surface area contributed by atoms with Gasteiger partial charge in [0, 0.05) is 45.9 Å². The molecule has 0 spiro atoms. The molecule has 0 radical (unpaired) electrons. The van der Waals surface area contributed by atoms with E-state index in [0.29, 0.717) is 0 Å². The third-order valence-electron chi connectivity index (χ3n) is 6.02. The molecule has 1 saturated heterocycles. The van der Waals surface area contributed by atoms with Gasteiger partial charge in [0.1, 0.15) is 25.1 Å². The van der Waals surface area contributed by atoms with Crippen LogP contribution in [0.2, 0.25) is 0 Å². The van der Waals surface area contributed by atoms with E-state index in [4.69, 9.17) is 37.9 Å². The van der Waals surface area contributed by atoms with Crippen LogP contribution in [0.5, 0.6) is 11.5 Å². The SMILES string of the molecule is CC(=O)OCC1OC(Oc2ccc(COC(=O)Oc3ccc([N+](=O)[O-])cc3)cc2[N+](=O)[O-])C(OC(C)=O)C(OC(C)=O)C1OC(C)=O. The highest BCUT2D eigenvalue weighted by Crippen LogP contribution is 2.35. The molecule has 47 heavy (non-hydrogen) atoms. The van der Waals surface area contributed by atoms with E-state index < -0.39 is 95.2 Å². The summed E-state index contributed by atoms with van der Waals surface area (Å²) in [6.07, 6.45) is -9.01. The second kappa shape index (κ2) is 15.9. The molecule has 19 heteroatoms. The summed E-state index contributed by atoms with van der Waals surface area (Å²) in [6, 6.07) is 7.96. The monoisotopic (exact) mass is 664 g/mol. The zero-order valence-corrected chi connectivity index (χ0v) is 25.2. The largest absolute Gasteiger partial charge is 0.514 e. The summed E-state index contributed by atoms with van der Waals surface area (Å²) in [6.45, 7) is 3.11. The van der Waals surface area contributed by atoms with Gasteiger partial charge in [-0.15, -0.1) is 0 Å². The standard InChI is InChI=1S/C28H28N2O17/c1-14(31)40-13-23-24(42-15(2)32)25(43-16(3)33)26(44-17(4)34)27(47-23)46-22-10-5-18(11-21(22)30(38)39)12-41-28(35)45-20-8-6-19(7-9-20)29(36)37/h5-11,23-27H,12-13H2,1-4H3. The van der Waals surface area contributed by atoms with Crippen molar-refractivity contribution in [2.24, 2.45) is 0 Å². The summed E-state index contributed by atoms with van der Waals surface area (Å²) >= 11 is 0. The maximum atomic E-state index is 12.1. The molecule has 5 atom stereocenters. The van der Waals surface area contributed by atoms with Crippen molar-refractivity contribution < 1.29 is 71.7 Å². The van der Waals surface area contributed by atoms with Crippen molar-refractivity contribution in [2.75, 3.05) is 6.61 Å². The van der Waals surface area contributed by atoms with E-state index in [2.05, 4.69) is 0 Å². The number of nitro benzene ring substituents is 2. The zero-order chi connectivity index (χ0) is 34.8. The van der Waals surface area contributed by atoms with Gasteiger partial charge >= 0.3 is 35.7 Å². The highest BCUT2D eigenvalue weighted by molar-refractivity contribution is 5.69. The number of nitro groups is 2. The molecule has 1 fully saturated rings. The van der Waals surface area contributed by atoms with Gasteiger partial charge in [-0.1, -0.05) is 6.07 Å². The topological polar surface area (TPSA) is 245 Å². The van der Waals surface area contributed by atoms with Crippen LogP contribution in [0.4, 0.5) is 16.2 Å². The van der Waals surface area contributed by atoms with Crippen molar-refractivity contribution in [2.45, 2.75) is 65.0 Å². The summed E-state index contributed by atoms with van der Waals surface area (Å²) in [5.41, 5.74) is -0.793. The van der Waals surface area contributed by atoms with E-state index in [1.807, 2.05) is 0 Å². The zero-order valence-electron chi connectivity index (χ0n) is 25.2. The molecule has 0 bridgehead atoms. The number of hydrogen-bond donors (Lipinski definition) is 0. The van der Waals surface area contributed by atoms with Crippen molar-refractivity contribution in [3.8, 4) is 11.5 Å². The molecule has 19 nitrogen and oxygen atoms in total. The lowest BCUT2D eigenvalue weighted by Gasteiger charge is -2.43. The molecule has 0 aliphatic carbocycles. The lowest BCUT2D eigenvalue weighted by Crippen LogP contribution is -2.63. The molecular formula is C28H28N2O17. The Morgan fingerprint density at radius 1 is 0.745 bits per heavy atom. The number of rotatable bonds is 12. The number of ether oxygens (including phenoxy) is 8. The number of hydrogen-bond acceptors (Lipinski definition) is 17. The summed E-state index contributed by atoms with van der Waals surface area (Å²) in [5.74, 6) is -3.89. The Labute approximate surface area is 264 Å². The number of benzene rings is 2. The summed E-state index contributed by atoms with van der Waals surface area (Å²) in [7, 11) is 0. The summed E-state index contributed by atoms with van der Waals surface area (Å²) in [4.78, 5) is 80.9. The van der Waals surface area contributed by atoms with Gasteiger partial charge < -0.3 is 37.9 Å². The van der Waals surface area contributed by atoms with Crippen molar-refractivity contribution in [3.05, 3.63) is 68.3 Å². The average Bonchev–Trinajstić information content (AvgIpc) is 2.98. The Bertz CT molecular complexity index is 1530. The van der Waals surface area contributed by atoms with Crippen LogP contribution < -0.4 is 9.47 Å². The Kier molecular flexibility index (Phi) is 12.1. The van der Waals surface area contributed by atoms with Gasteiger partial charge in [-0.05, 0) is 23.8 Å². The van der Waals surface area contributed by atoms with Crippen LogP contribution in [0.25, 0.3) is 0 Å². The molecule has 252 valence electrons. The first-order valence-corrected chi connectivity index (χ1v) is 13.5. The van der Waals surface area contributed by atoms with Crippen molar-refractivity contribution >= 4 is 41.4 Å². The minimum atomic E-state index is -1.74. The fourth-order valence-corrected chi connectivity index (χ4v) is 4.21. The number of carbonyl (C=O) groups excluding carboxylic acids is 5. The molecule has 0 saturated carbocycles. The van der Waals surface area contributed by atoms with Gasteiger partial charge in [0.15, 0.2) is 18.0 Å². The highest BCUT2D eigenvalue weighted by atomic mass is 16.7. The van der Waals surface area contributed by atoms with Crippen molar-refractivity contribution in [1.29, 1.82) is 0 Å². The second-order valence-corrected chi connectivity index (χ2v) is 9.64. The molecule has 0 amide bonds. The molecular weight excluding hydrogens is 636 g/mol. The molecule has 2 aromatic carbocycles. The molecule has 1 heterocycles. The first-order valence-electron chi connectivity index (χ1n) is 13.5. The summed E-state index contributed by atoms with van der Waals surface area (Å²) in [5, 5.41) is 22.8. The van der Waals surface area contributed by atoms with Crippen LogP contribution in [0.3, 0.4) is 0 Å². The molecule has 3 rings (SSSR count). The molecule has 5 unspecified atom stereocenters. The first kappa shape index (κ1) is 35.6. The van der Waals surface area contributed by atoms with Gasteiger partial charge in [-0.25, -0.2) is 4.79 Å². The van der Waals surface area contributed by atoms with Crippen LogP contribution >= 0.6 is 0 Å². The average molecular weight is 665 g/mol. The Balaban J connectivity index is 1.86. The fourth-order valence-electron chi connectivity index (χ4n) is 4.21. The molecule has 2 aromatic rings. The normalized spacial score (nSPS) is 20.1. The third kappa shape index (κ3) is 10.3. The Hall–Kier alpha value is -5.85. The molecule has 1 aliphatic rings. The van der Waals surface area contributed by atoms with E-state index in [1.54, 1.807) is 0 Å². The van der Waals surface area contributed by atoms with E-state index in [1.165, 1.54) is 18.2 Å². The van der Waals surface area contributed by atoms with E-state index in [0.717, 1.165) is 52.0 Å². The fraction of sp³-hybridized carbons (Fsp3) is 0.393. The molecule has 1 aliphatic heterocycles. The van der Waals surface area contributed by atoms with Gasteiger partial charge in [-0.2, -0.15) is 0 Å². The minimum absolute atomic E-state index is 0.0554. The first-order chi connectivity index (χ1) is 22.1. The van der Waals surface area contributed by atoms with Crippen LogP contribution in [0.15, 0.2) is 42.5 Å². The summed E-state index contributed by atoms with van der Waals surface area (Å²) < 4.78 is 42.3. The smallest absolute Gasteiger partial charge is 0.463 e. The van der Waals surface area contributed by atoms with Crippen LogP contribution in [-0.2, 0) is 54.2 Å². The van der Waals surface area contributed by atoms with E-state index >= 15 is 0 Å². The number of carbonyl (C=O) groups is 5. The van der Waals surface area contributed by atoms with Crippen molar-refractivity contribution in [1.82, 2.24) is 0 Å². The van der Waals surface area contributed by atoms with Gasteiger partial charge in [0.2, 0.25) is 12.4 Å². The number of nitrogens with zero attached hydrogens (tertiary/aromatic N) is 2. The maximum absolute atomic E-state index is 12.1. The number of non-ortho nitro benzene ring substituents is 1. The highest BCUT2D eigenvalue weighted by Gasteiger charge is 2.53. The van der Waals surface area contributed by atoms with Gasteiger partial charge in [0.25, 0.3) is 5.69 Å². The Morgan fingerprint density at radius 2 is 1.34 bits per heavy atom. The van der Waals surface area contributed by atoms with Crippen LogP contribution in [0, 0.1) is 20.2 Å². The van der Waals surface area contributed by atoms with Crippen molar-refractivity contribution in [3.63, 3.8) is 0 Å². The maximum Gasteiger partial charge on any atom is 0.514 e. The van der Waals surface area contributed by atoms with Gasteiger partial charge in [0.05, 0.1) is 9.85 Å². The Morgan fingerprint density at radius 3 is 1.89 bits per heavy atom. The minimum Gasteiger partial charge on any atom is -0.463 e. The van der Waals surface area contributed by atoms with E-state index in [9.17, 15) is 44.2 Å². The number of esters is 4. The van der Waals surface area contributed by atoms with Crippen LogP contribution in [-0.4, -0.2) is 77.2 Å². The predicted octanol–water partition coefficient (Wildman–Crippen LogP) is 2.68. The molecule has 0 aromatic heterocycles. The lowest BCUT2D eigenvalue weighted by molar-refractivity contribution is -0.387. The predicted molar refractivity (Wildman–Crippen MR) is 150 cm³/mol.